The van der Waals surface area contributed by atoms with Gasteiger partial charge in [0.1, 0.15) is 0 Å². The molecule has 3 nitrogen and oxygen atoms in total. The number of nitrogens with zero attached hydrogens (tertiary/aromatic N) is 1. The van der Waals surface area contributed by atoms with Gasteiger partial charge < -0.3 is 15.5 Å². The molecular weight excluding hydrogens is 350 g/mol. The Hall–Kier alpha value is -2.07. The Morgan fingerprint density at radius 2 is 1.89 bits per heavy atom. The fourth-order valence-corrected chi connectivity index (χ4v) is 4.08. The second-order valence-corrected chi connectivity index (χ2v) is 8.33. The van der Waals surface area contributed by atoms with Crippen LogP contribution in [0.3, 0.4) is 0 Å². The Morgan fingerprint density at radius 1 is 1.15 bits per heavy atom. The minimum atomic E-state index is 0.157. The Bertz CT molecular complexity index is 785. The van der Waals surface area contributed by atoms with Crippen LogP contribution in [-0.2, 0) is 0 Å². The summed E-state index contributed by atoms with van der Waals surface area (Å²) >= 11 is 5.52. The first kappa shape index (κ1) is 19.7. The van der Waals surface area contributed by atoms with E-state index in [0.29, 0.717) is 5.11 Å². The molecule has 3 rings (SSSR count). The van der Waals surface area contributed by atoms with E-state index < -0.39 is 0 Å². The van der Waals surface area contributed by atoms with E-state index in [1.165, 1.54) is 41.8 Å². The highest BCUT2D eigenvalue weighted by Crippen LogP contribution is 2.25. The quantitative estimate of drug-likeness (QED) is 0.675. The lowest BCUT2D eigenvalue weighted by atomic mass is 9.99. The van der Waals surface area contributed by atoms with Gasteiger partial charge in [0.2, 0.25) is 0 Å². The van der Waals surface area contributed by atoms with Crippen LogP contribution in [0.5, 0.6) is 0 Å². The first-order chi connectivity index (χ1) is 12.9. The van der Waals surface area contributed by atoms with Gasteiger partial charge in [-0.1, -0.05) is 36.8 Å². The number of piperidine rings is 1. The van der Waals surface area contributed by atoms with Crippen LogP contribution in [0.1, 0.15) is 49.4 Å². The molecule has 1 saturated heterocycles. The number of nitrogens with one attached hydrogen (secondary N) is 2. The molecule has 0 saturated carbocycles. The standard InChI is InChI=1S/C23H31N3S/c1-16-7-12-22(18(3)14-16)25-23(27)24-19(4)20-8-10-21(11-9-20)26-13-5-6-17(2)15-26/h7-12,14,17,19H,5-6,13,15H2,1-4H3,(H2,24,25,27)/t17-,19+/m1/s1. The average Bonchev–Trinajstić information content (AvgIpc) is 2.64. The minimum absolute atomic E-state index is 0.157. The highest BCUT2D eigenvalue weighted by molar-refractivity contribution is 7.80. The third-order valence-electron chi connectivity index (χ3n) is 5.39. The average molecular weight is 382 g/mol. The molecule has 1 heterocycles. The lowest BCUT2D eigenvalue weighted by molar-refractivity contribution is 0.447. The third-order valence-corrected chi connectivity index (χ3v) is 5.61. The van der Waals surface area contributed by atoms with Gasteiger partial charge in [-0.2, -0.15) is 0 Å². The molecule has 0 amide bonds. The molecule has 4 heteroatoms. The van der Waals surface area contributed by atoms with Crippen LogP contribution in [-0.4, -0.2) is 18.2 Å². The number of hydrogen-bond acceptors (Lipinski definition) is 2. The molecular formula is C23H31N3S. The normalized spacial score (nSPS) is 18.1. The van der Waals surface area contributed by atoms with Crippen molar-refractivity contribution in [1.82, 2.24) is 5.32 Å². The van der Waals surface area contributed by atoms with Crippen LogP contribution < -0.4 is 15.5 Å². The Labute approximate surface area is 169 Å². The Balaban J connectivity index is 1.58. The van der Waals surface area contributed by atoms with E-state index in [0.717, 1.165) is 18.2 Å². The van der Waals surface area contributed by atoms with Crippen molar-refractivity contribution >= 4 is 28.7 Å². The molecule has 0 unspecified atom stereocenters. The van der Waals surface area contributed by atoms with Gasteiger partial charge in [0.15, 0.2) is 5.11 Å². The molecule has 0 radical (unpaired) electrons. The molecule has 1 aliphatic heterocycles. The van der Waals surface area contributed by atoms with Crippen LogP contribution in [0.2, 0.25) is 0 Å². The summed E-state index contributed by atoms with van der Waals surface area (Å²) in [4.78, 5) is 2.50. The first-order valence-electron chi connectivity index (χ1n) is 9.92. The van der Waals surface area contributed by atoms with Crippen molar-refractivity contribution in [2.75, 3.05) is 23.3 Å². The van der Waals surface area contributed by atoms with Gasteiger partial charge >= 0.3 is 0 Å². The van der Waals surface area contributed by atoms with E-state index >= 15 is 0 Å². The number of thiocarbonyl (C=S) groups is 1. The summed E-state index contributed by atoms with van der Waals surface area (Å²) in [6.45, 7) is 11.0. The fraction of sp³-hybridized carbons (Fsp3) is 0.435. The highest BCUT2D eigenvalue weighted by atomic mass is 32.1. The first-order valence-corrected chi connectivity index (χ1v) is 10.3. The molecule has 2 aromatic carbocycles. The third kappa shape index (κ3) is 5.23. The highest BCUT2D eigenvalue weighted by Gasteiger charge is 2.17. The van der Waals surface area contributed by atoms with Gasteiger partial charge in [-0.05, 0) is 81.1 Å². The molecule has 2 aromatic rings. The van der Waals surface area contributed by atoms with E-state index in [9.17, 15) is 0 Å². The minimum Gasteiger partial charge on any atom is -0.371 e. The van der Waals surface area contributed by atoms with Crippen molar-refractivity contribution in [3.63, 3.8) is 0 Å². The summed E-state index contributed by atoms with van der Waals surface area (Å²) < 4.78 is 0. The maximum atomic E-state index is 5.52. The van der Waals surface area contributed by atoms with Crippen LogP contribution in [0.15, 0.2) is 42.5 Å². The van der Waals surface area contributed by atoms with E-state index in [-0.39, 0.29) is 6.04 Å². The molecule has 0 aromatic heterocycles. The zero-order chi connectivity index (χ0) is 19.4. The lowest BCUT2D eigenvalue weighted by Gasteiger charge is -2.33. The van der Waals surface area contributed by atoms with Crippen LogP contribution in [0, 0.1) is 19.8 Å². The summed E-state index contributed by atoms with van der Waals surface area (Å²) in [7, 11) is 0. The van der Waals surface area contributed by atoms with Crippen molar-refractivity contribution in [2.24, 2.45) is 5.92 Å². The summed E-state index contributed by atoms with van der Waals surface area (Å²) in [6.07, 6.45) is 2.64. The van der Waals surface area contributed by atoms with Crippen LogP contribution in [0.4, 0.5) is 11.4 Å². The SMILES string of the molecule is Cc1ccc(NC(=S)N[C@@H](C)c2ccc(N3CCC[C@@H](C)C3)cc2)c(C)c1. The van der Waals surface area contributed by atoms with Crippen molar-refractivity contribution in [3.8, 4) is 0 Å². The Kier molecular flexibility index (Phi) is 6.38. The molecule has 0 aliphatic carbocycles. The molecule has 0 spiro atoms. The largest absolute Gasteiger partial charge is 0.371 e. The fourth-order valence-electron chi connectivity index (χ4n) is 3.79. The zero-order valence-corrected chi connectivity index (χ0v) is 17.7. The molecule has 2 atom stereocenters. The van der Waals surface area contributed by atoms with E-state index in [2.05, 4.69) is 85.7 Å². The number of anilines is 2. The van der Waals surface area contributed by atoms with Crippen LogP contribution >= 0.6 is 12.2 Å². The monoisotopic (exact) mass is 381 g/mol. The summed E-state index contributed by atoms with van der Waals surface area (Å²) in [6, 6.07) is 15.4. The molecule has 0 bridgehead atoms. The summed E-state index contributed by atoms with van der Waals surface area (Å²) in [5.41, 5.74) is 6.09. The predicted molar refractivity (Wildman–Crippen MR) is 121 cm³/mol. The van der Waals surface area contributed by atoms with Gasteiger partial charge in [-0.3, -0.25) is 0 Å². The molecule has 144 valence electrons. The second kappa shape index (κ2) is 8.75. The van der Waals surface area contributed by atoms with Gasteiger partial charge in [0.05, 0.1) is 6.04 Å². The van der Waals surface area contributed by atoms with E-state index in [1.807, 2.05) is 0 Å². The number of hydrogen-bond donors (Lipinski definition) is 2. The van der Waals surface area contributed by atoms with Crippen molar-refractivity contribution < 1.29 is 0 Å². The number of benzene rings is 2. The summed E-state index contributed by atoms with van der Waals surface area (Å²) in [5, 5.41) is 7.37. The van der Waals surface area contributed by atoms with Gasteiger partial charge in [-0.25, -0.2) is 0 Å². The Morgan fingerprint density at radius 3 is 2.56 bits per heavy atom. The molecule has 2 N–H and O–H groups in total. The predicted octanol–water partition coefficient (Wildman–Crippen LogP) is 5.59. The maximum absolute atomic E-state index is 5.52. The second-order valence-electron chi connectivity index (χ2n) is 7.92. The molecule has 27 heavy (non-hydrogen) atoms. The number of aryl methyl sites for hydroxylation is 2. The molecule has 1 aliphatic rings. The van der Waals surface area contributed by atoms with Gasteiger partial charge in [-0.15, -0.1) is 0 Å². The van der Waals surface area contributed by atoms with Crippen LogP contribution in [0.25, 0.3) is 0 Å². The van der Waals surface area contributed by atoms with Crippen molar-refractivity contribution in [3.05, 3.63) is 59.2 Å². The van der Waals surface area contributed by atoms with E-state index in [1.54, 1.807) is 0 Å². The zero-order valence-electron chi connectivity index (χ0n) is 16.9. The topological polar surface area (TPSA) is 27.3 Å². The van der Waals surface area contributed by atoms with E-state index in [4.69, 9.17) is 12.2 Å². The van der Waals surface area contributed by atoms with Gasteiger partial charge in [0, 0.05) is 24.5 Å². The lowest BCUT2D eigenvalue weighted by Crippen LogP contribution is -2.34. The maximum Gasteiger partial charge on any atom is 0.171 e. The summed E-state index contributed by atoms with van der Waals surface area (Å²) in [5.74, 6) is 0.785. The van der Waals surface area contributed by atoms with Crippen molar-refractivity contribution in [1.29, 1.82) is 0 Å². The smallest absolute Gasteiger partial charge is 0.171 e. The number of rotatable bonds is 4. The molecule has 1 fully saturated rings. The van der Waals surface area contributed by atoms with Crippen molar-refractivity contribution in [2.45, 2.75) is 46.6 Å². The van der Waals surface area contributed by atoms with Gasteiger partial charge in [0.25, 0.3) is 0 Å².